The fourth-order valence-electron chi connectivity index (χ4n) is 1.84. The van der Waals surface area contributed by atoms with Gasteiger partial charge < -0.3 is 26.2 Å². The van der Waals surface area contributed by atoms with Crippen molar-refractivity contribution < 1.29 is 10.2 Å². The highest BCUT2D eigenvalue weighted by atomic mass is 16.3. The third-order valence-corrected chi connectivity index (χ3v) is 2.88. The van der Waals surface area contributed by atoms with Crippen molar-refractivity contribution in [3.05, 3.63) is 10.4 Å². The summed E-state index contributed by atoms with van der Waals surface area (Å²) in [6, 6.07) is -0.444. The van der Waals surface area contributed by atoms with E-state index in [4.69, 9.17) is 0 Å². The summed E-state index contributed by atoms with van der Waals surface area (Å²) in [6.45, 7) is 13.9. The zero-order valence-corrected chi connectivity index (χ0v) is 16.2. The van der Waals surface area contributed by atoms with Crippen LogP contribution >= 0.6 is 0 Å². The van der Waals surface area contributed by atoms with Gasteiger partial charge in [0, 0.05) is 13.6 Å². The zero-order valence-electron chi connectivity index (χ0n) is 16.2. The Morgan fingerprint density at radius 1 is 1.17 bits per heavy atom. The Morgan fingerprint density at radius 3 is 2.17 bits per heavy atom. The molecular weight excluding hydrogens is 310 g/mol. The van der Waals surface area contributed by atoms with Crippen molar-refractivity contribution in [1.82, 2.24) is 9.97 Å². The van der Waals surface area contributed by atoms with Gasteiger partial charge in [0.15, 0.2) is 5.82 Å². The lowest BCUT2D eigenvalue weighted by atomic mass is 10.0. The molecular formula is C16H35N5O3. The second-order valence-corrected chi connectivity index (χ2v) is 4.25. The van der Waals surface area contributed by atoms with Crippen molar-refractivity contribution in [2.45, 2.75) is 66.7 Å². The van der Waals surface area contributed by atoms with Crippen LogP contribution in [0.25, 0.3) is 0 Å². The van der Waals surface area contributed by atoms with Gasteiger partial charge in [-0.25, -0.2) is 0 Å². The fourth-order valence-corrected chi connectivity index (χ4v) is 1.84. The van der Waals surface area contributed by atoms with Gasteiger partial charge in [0.2, 0.25) is 5.95 Å². The molecule has 142 valence electrons. The van der Waals surface area contributed by atoms with Crippen LogP contribution in [-0.4, -0.2) is 52.0 Å². The smallest absolute Gasteiger partial charge is 0.277 e. The Labute approximate surface area is 145 Å². The normalized spacial score (nSPS) is 16.7. The number of hydrogen-bond donors (Lipinski definition) is 6. The Balaban J connectivity index is 0. The lowest BCUT2D eigenvalue weighted by Gasteiger charge is -2.31. The van der Waals surface area contributed by atoms with Gasteiger partial charge in [-0.2, -0.15) is 4.98 Å². The third kappa shape index (κ3) is 6.76. The number of aliphatic hydroxyl groups excluding tert-OH is 2. The maximum absolute atomic E-state index is 11.8. The van der Waals surface area contributed by atoms with E-state index in [0.29, 0.717) is 18.3 Å². The van der Waals surface area contributed by atoms with E-state index in [1.807, 2.05) is 41.5 Å². The van der Waals surface area contributed by atoms with Gasteiger partial charge in [-0.15, -0.1) is 0 Å². The number of aromatic nitrogens is 2. The predicted molar refractivity (Wildman–Crippen MR) is 102 cm³/mol. The molecule has 0 aliphatic carbocycles. The van der Waals surface area contributed by atoms with Crippen molar-refractivity contribution in [3.63, 3.8) is 0 Å². The summed E-state index contributed by atoms with van der Waals surface area (Å²) in [5.74, 6) is 0.791. The van der Waals surface area contributed by atoms with E-state index in [-0.39, 0.29) is 11.2 Å². The lowest BCUT2D eigenvalue weighted by molar-refractivity contribution is 0.0214. The number of aliphatic hydroxyl groups is 2. The van der Waals surface area contributed by atoms with Crippen LogP contribution in [0.15, 0.2) is 4.79 Å². The molecule has 1 aromatic rings. The first-order valence-electron chi connectivity index (χ1n) is 8.71. The number of anilines is 3. The van der Waals surface area contributed by atoms with Gasteiger partial charge in [-0.1, -0.05) is 41.5 Å². The molecule has 0 radical (unpaired) electrons. The first-order chi connectivity index (χ1) is 11.5. The van der Waals surface area contributed by atoms with Gasteiger partial charge in [-0.3, -0.25) is 9.78 Å². The number of fused-ring (bicyclic) bond motifs is 1. The summed E-state index contributed by atoms with van der Waals surface area (Å²) < 4.78 is 0. The van der Waals surface area contributed by atoms with Crippen LogP contribution in [0.4, 0.5) is 17.5 Å². The van der Waals surface area contributed by atoms with Crippen molar-refractivity contribution in [2.24, 2.45) is 0 Å². The maximum Gasteiger partial charge on any atom is 0.277 e. The van der Waals surface area contributed by atoms with Crippen LogP contribution in [0.5, 0.6) is 0 Å². The van der Waals surface area contributed by atoms with Crippen molar-refractivity contribution in [1.29, 1.82) is 0 Å². The molecule has 0 amide bonds. The second-order valence-electron chi connectivity index (χ2n) is 4.25. The molecule has 0 bridgehead atoms. The summed E-state index contributed by atoms with van der Waals surface area (Å²) in [5, 5.41) is 27.7. The van der Waals surface area contributed by atoms with E-state index in [2.05, 4.69) is 25.9 Å². The summed E-state index contributed by atoms with van der Waals surface area (Å²) in [4.78, 5) is 18.5. The minimum absolute atomic E-state index is 0.268. The Bertz CT molecular complexity index is 491. The topological polar surface area (TPSA) is 122 Å². The summed E-state index contributed by atoms with van der Waals surface area (Å²) in [5.41, 5.74) is -0.0655. The minimum atomic E-state index is -0.964. The maximum atomic E-state index is 11.8. The van der Waals surface area contributed by atoms with Gasteiger partial charge in [0.1, 0.15) is 11.8 Å². The fraction of sp³-hybridized carbons (Fsp3) is 0.750. The Kier molecular flexibility index (Phi) is 13.9. The Hall–Kier alpha value is -1.80. The van der Waals surface area contributed by atoms with E-state index in [1.165, 1.54) is 6.92 Å². The highest BCUT2D eigenvalue weighted by Crippen LogP contribution is 2.22. The van der Waals surface area contributed by atoms with E-state index in [1.54, 1.807) is 7.05 Å². The highest BCUT2D eigenvalue weighted by molar-refractivity contribution is 5.67. The van der Waals surface area contributed by atoms with E-state index < -0.39 is 18.2 Å². The van der Waals surface area contributed by atoms with Crippen molar-refractivity contribution in [2.75, 3.05) is 29.5 Å². The average Bonchev–Trinajstić information content (AvgIpc) is 2.65. The minimum Gasteiger partial charge on any atom is -0.391 e. The van der Waals surface area contributed by atoms with Crippen LogP contribution in [-0.2, 0) is 0 Å². The monoisotopic (exact) mass is 345 g/mol. The summed E-state index contributed by atoms with van der Waals surface area (Å²) in [6.07, 6.45) is -1.84. The predicted octanol–water partition coefficient (Wildman–Crippen LogP) is 1.84. The quantitative estimate of drug-likeness (QED) is 0.494. The first-order valence-corrected chi connectivity index (χ1v) is 8.71. The molecule has 6 N–H and O–H groups in total. The molecule has 2 heterocycles. The highest BCUT2D eigenvalue weighted by Gasteiger charge is 2.29. The zero-order chi connectivity index (χ0) is 19.3. The van der Waals surface area contributed by atoms with Crippen LogP contribution in [0.2, 0.25) is 0 Å². The first kappa shape index (κ1) is 24.5. The number of aromatic amines is 1. The molecule has 0 saturated heterocycles. The van der Waals surface area contributed by atoms with E-state index in [9.17, 15) is 15.0 Å². The number of rotatable bonds is 3. The second kappa shape index (κ2) is 13.6. The largest absolute Gasteiger partial charge is 0.391 e. The third-order valence-electron chi connectivity index (χ3n) is 2.88. The van der Waals surface area contributed by atoms with E-state index in [0.717, 1.165) is 0 Å². The van der Waals surface area contributed by atoms with E-state index >= 15 is 0 Å². The van der Waals surface area contributed by atoms with Crippen LogP contribution in [0.3, 0.4) is 0 Å². The molecule has 0 saturated carbocycles. The molecule has 24 heavy (non-hydrogen) atoms. The van der Waals surface area contributed by atoms with Gasteiger partial charge >= 0.3 is 0 Å². The molecule has 1 aliphatic rings. The van der Waals surface area contributed by atoms with Crippen molar-refractivity contribution >= 4 is 17.5 Å². The molecule has 0 spiro atoms. The summed E-state index contributed by atoms with van der Waals surface area (Å²) in [7, 11) is 1.65. The molecule has 2 rings (SSSR count). The number of nitrogens with zero attached hydrogens (tertiary/aromatic N) is 1. The molecule has 0 unspecified atom stereocenters. The molecule has 1 aromatic heterocycles. The molecule has 1 aliphatic heterocycles. The van der Waals surface area contributed by atoms with Gasteiger partial charge in [-0.05, 0) is 6.92 Å². The SMILES string of the molecule is CC.CC.CC.CNc1nc2c(c(=O)[nH]1)N[C@@H]([C@@H](O)[C@H](C)O)CN2. The van der Waals surface area contributed by atoms with Crippen LogP contribution in [0.1, 0.15) is 48.5 Å². The number of H-pyrrole nitrogens is 1. The van der Waals surface area contributed by atoms with Crippen LogP contribution in [0, 0.1) is 0 Å². The van der Waals surface area contributed by atoms with Crippen LogP contribution < -0.4 is 21.5 Å². The molecule has 8 heteroatoms. The Morgan fingerprint density at radius 2 is 1.71 bits per heavy atom. The summed E-state index contributed by atoms with van der Waals surface area (Å²) >= 11 is 0. The standard InChI is InChI=1S/C10H17N5O3.3C2H6/c1-4(16)7(17)5-3-12-8-6(13-5)9(18)15-10(11-2)14-8;3*1-2/h4-5,7,13,16-17H,3H2,1-2H3,(H3,11,12,14,15,18);3*1-2H3/t4-,5+,7-;;;/m0.../s1. The van der Waals surface area contributed by atoms with Gasteiger partial charge in [0.25, 0.3) is 5.56 Å². The number of nitrogens with one attached hydrogen (secondary N) is 4. The molecule has 8 nitrogen and oxygen atoms in total. The lowest BCUT2D eigenvalue weighted by Crippen LogP contribution is -2.48. The van der Waals surface area contributed by atoms with Gasteiger partial charge in [0.05, 0.1) is 12.1 Å². The van der Waals surface area contributed by atoms with Crippen molar-refractivity contribution in [3.8, 4) is 0 Å². The average molecular weight is 345 g/mol. The molecule has 0 aromatic carbocycles. The molecule has 3 atom stereocenters. The molecule has 0 fully saturated rings. The number of hydrogen-bond acceptors (Lipinski definition) is 7.